The van der Waals surface area contributed by atoms with Crippen LogP contribution in [0.2, 0.25) is 0 Å². The van der Waals surface area contributed by atoms with Crippen molar-refractivity contribution >= 4 is 23.3 Å². The highest BCUT2D eigenvalue weighted by Gasteiger charge is 2.38. The van der Waals surface area contributed by atoms with Gasteiger partial charge in [-0.25, -0.2) is 4.79 Å². The van der Waals surface area contributed by atoms with Crippen molar-refractivity contribution in [2.24, 2.45) is 5.92 Å². The Labute approximate surface area is 196 Å². The quantitative estimate of drug-likeness (QED) is 0.624. The van der Waals surface area contributed by atoms with Crippen LogP contribution in [0.3, 0.4) is 0 Å². The molecule has 1 saturated heterocycles. The van der Waals surface area contributed by atoms with Crippen molar-refractivity contribution in [2.45, 2.75) is 18.9 Å². The third-order valence-corrected chi connectivity index (χ3v) is 6.39. The number of anilines is 2. The van der Waals surface area contributed by atoms with Gasteiger partial charge in [-0.2, -0.15) is 0 Å². The molecule has 0 radical (unpaired) electrons. The third kappa shape index (κ3) is 4.24. The first kappa shape index (κ1) is 21.7. The molecular weight excluding hydrogens is 434 g/mol. The summed E-state index contributed by atoms with van der Waals surface area (Å²) in [5, 5.41) is 5.88. The zero-order valence-corrected chi connectivity index (χ0v) is 18.7. The summed E-state index contributed by atoms with van der Waals surface area (Å²) in [7, 11) is 1.59. The van der Waals surface area contributed by atoms with Crippen LogP contribution in [0.4, 0.5) is 16.2 Å². The Morgan fingerprint density at radius 3 is 2.59 bits per heavy atom. The Morgan fingerprint density at radius 1 is 1.03 bits per heavy atom. The molecule has 2 atom stereocenters. The van der Waals surface area contributed by atoms with E-state index in [9.17, 15) is 14.4 Å². The maximum atomic E-state index is 13.0. The number of pyridine rings is 2. The second-order valence-electron chi connectivity index (χ2n) is 8.64. The van der Waals surface area contributed by atoms with E-state index in [0.29, 0.717) is 42.3 Å². The topological polar surface area (TPSA) is 106 Å². The molecule has 2 aromatic heterocycles. The van der Waals surface area contributed by atoms with E-state index in [0.717, 1.165) is 12.1 Å². The number of ether oxygens (including phenoxy) is 1. The van der Waals surface area contributed by atoms with E-state index >= 15 is 0 Å². The van der Waals surface area contributed by atoms with Gasteiger partial charge in [0.2, 0.25) is 0 Å². The summed E-state index contributed by atoms with van der Waals surface area (Å²) in [5.41, 5.74) is 2.38. The van der Waals surface area contributed by atoms with E-state index in [1.165, 1.54) is 12.3 Å². The second kappa shape index (κ2) is 9.01. The molecule has 0 spiro atoms. The second-order valence-corrected chi connectivity index (χ2v) is 8.64. The molecule has 0 saturated carbocycles. The number of hydrogen-bond acceptors (Lipinski definition) is 5. The average molecular weight is 460 g/mol. The molecule has 5 rings (SSSR count). The van der Waals surface area contributed by atoms with E-state index in [4.69, 9.17) is 4.74 Å². The number of aromatic nitrogens is 2. The van der Waals surface area contributed by atoms with Crippen molar-refractivity contribution in [1.82, 2.24) is 14.5 Å². The fraction of sp³-hybridized carbons (Fsp3) is 0.280. The molecule has 0 aliphatic carbocycles. The van der Waals surface area contributed by atoms with Gasteiger partial charge in [-0.1, -0.05) is 0 Å². The Kier molecular flexibility index (Phi) is 5.75. The Hall–Kier alpha value is -4.14. The number of nitrogens with one attached hydrogen (secondary N) is 2. The van der Waals surface area contributed by atoms with Crippen molar-refractivity contribution in [3.63, 3.8) is 0 Å². The van der Waals surface area contributed by atoms with Crippen molar-refractivity contribution in [1.29, 1.82) is 0 Å². The first-order valence-electron chi connectivity index (χ1n) is 11.2. The number of hydrogen-bond donors (Lipinski definition) is 2. The number of benzene rings is 1. The molecular formula is C25H25N5O4. The summed E-state index contributed by atoms with van der Waals surface area (Å²) in [6.45, 7) is 1.53. The minimum absolute atomic E-state index is 0.0628. The Bertz CT molecular complexity index is 1270. The van der Waals surface area contributed by atoms with Gasteiger partial charge >= 0.3 is 6.03 Å². The maximum absolute atomic E-state index is 13.0. The summed E-state index contributed by atoms with van der Waals surface area (Å²) in [6, 6.07) is 13.5. The van der Waals surface area contributed by atoms with Crippen LogP contribution in [0.15, 0.2) is 65.7 Å². The number of nitrogens with zero attached hydrogens (tertiary/aromatic N) is 3. The normalized spacial score (nSPS) is 18.6. The molecule has 2 N–H and O–H groups in total. The summed E-state index contributed by atoms with van der Waals surface area (Å²) in [6.07, 6.45) is 3.96. The molecule has 2 unspecified atom stereocenters. The Balaban J connectivity index is 1.37. The van der Waals surface area contributed by atoms with Crippen LogP contribution >= 0.6 is 0 Å². The number of carbonyl (C=O) groups excluding carboxylic acids is 2. The third-order valence-electron chi connectivity index (χ3n) is 6.39. The van der Waals surface area contributed by atoms with Gasteiger partial charge in [-0.05, 0) is 54.8 Å². The van der Waals surface area contributed by atoms with Crippen molar-refractivity contribution in [3.8, 4) is 5.75 Å². The van der Waals surface area contributed by atoms with Crippen molar-refractivity contribution < 1.29 is 14.3 Å². The minimum Gasteiger partial charge on any atom is -0.497 e. The van der Waals surface area contributed by atoms with Crippen LogP contribution in [-0.2, 0) is 6.54 Å². The van der Waals surface area contributed by atoms with Gasteiger partial charge < -0.3 is 24.8 Å². The van der Waals surface area contributed by atoms with E-state index in [1.54, 1.807) is 65.2 Å². The van der Waals surface area contributed by atoms with Gasteiger partial charge in [0.05, 0.1) is 18.4 Å². The van der Waals surface area contributed by atoms with Crippen LogP contribution in [0.1, 0.15) is 28.4 Å². The lowest BCUT2D eigenvalue weighted by Gasteiger charge is -2.43. The number of fused-ring (bicyclic) bond motifs is 4. The summed E-state index contributed by atoms with van der Waals surface area (Å²) >= 11 is 0. The number of methoxy groups -OCH3 is 1. The van der Waals surface area contributed by atoms with Crippen molar-refractivity contribution in [3.05, 3.63) is 82.5 Å². The molecule has 4 heterocycles. The predicted molar refractivity (Wildman–Crippen MR) is 127 cm³/mol. The lowest BCUT2D eigenvalue weighted by atomic mass is 9.82. The zero-order chi connectivity index (χ0) is 23.7. The van der Waals surface area contributed by atoms with E-state index in [2.05, 4.69) is 15.6 Å². The highest BCUT2D eigenvalue weighted by Crippen LogP contribution is 2.38. The summed E-state index contributed by atoms with van der Waals surface area (Å²) < 4.78 is 6.91. The van der Waals surface area contributed by atoms with Gasteiger partial charge in [0.25, 0.3) is 11.5 Å². The van der Waals surface area contributed by atoms with Crippen LogP contribution < -0.4 is 20.9 Å². The van der Waals surface area contributed by atoms with E-state index in [1.807, 2.05) is 0 Å². The predicted octanol–water partition coefficient (Wildman–Crippen LogP) is 3.16. The molecule has 3 amide bonds. The van der Waals surface area contributed by atoms with E-state index in [-0.39, 0.29) is 29.3 Å². The zero-order valence-electron chi connectivity index (χ0n) is 18.7. The largest absolute Gasteiger partial charge is 0.497 e. The fourth-order valence-electron chi connectivity index (χ4n) is 4.85. The van der Waals surface area contributed by atoms with Gasteiger partial charge in [-0.3, -0.25) is 14.6 Å². The summed E-state index contributed by atoms with van der Waals surface area (Å²) in [4.78, 5) is 44.2. The molecule has 174 valence electrons. The van der Waals surface area contributed by atoms with Crippen LogP contribution in [0.5, 0.6) is 5.75 Å². The number of piperidine rings is 1. The number of urea groups is 1. The molecule has 9 heteroatoms. The summed E-state index contributed by atoms with van der Waals surface area (Å²) in [5.74, 6) is 0.525. The Morgan fingerprint density at radius 2 is 1.85 bits per heavy atom. The molecule has 1 fully saturated rings. The molecule has 34 heavy (non-hydrogen) atoms. The lowest BCUT2D eigenvalue weighted by molar-refractivity contribution is 0.102. The molecule has 2 bridgehead atoms. The van der Waals surface area contributed by atoms with Crippen LogP contribution in [0.25, 0.3) is 0 Å². The standard InChI is InChI=1S/C25H25N5O4/c1-34-20-6-4-19(5-7-20)27-25(33)29-13-16-11-18(15-29)23-21(8-9-22(31)30(23)14-16)28-24(32)17-3-2-10-26-12-17/h2-10,12,16,18H,11,13-15H2,1H3,(H,27,33)(H,28,32). The monoisotopic (exact) mass is 459 g/mol. The van der Waals surface area contributed by atoms with Gasteiger partial charge in [-0.15, -0.1) is 0 Å². The number of rotatable bonds is 4. The number of amides is 3. The smallest absolute Gasteiger partial charge is 0.321 e. The van der Waals surface area contributed by atoms with Gasteiger partial charge in [0, 0.05) is 55.4 Å². The van der Waals surface area contributed by atoms with Crippen molar-refractivity contribution in [2.75, 3.05) is 30.8 Å². The van der Waals surface area contributed by atoms with Crippen LogP contribution in [-0.4, -0.2) is 46.6 Å². The van der Waals surface area contributed by atoms with Crippen LogP contribution in [0, 0.1) is 5.92 Å². The highest BCUT2D eigenvalue weighted by molar-refractivity contribution is 6.04. The van der Waals surface area contributed by atoms with Gasteiger partial charge in [0.1, 0.15) is 5.75 Å². The molecule has 9 nitrogen and oxygen atoms in total. The lowest BCUT2D eigenvalue weighted by Crippen LogP contribution is -2.50. The fourth-order valence-corrected chi connectivity index (χ4v) is 4.85. The number of likely N-dealkylation sites (tertiary alicyclic amines) is 1. The first-order valence-corrected chi connectivity index (χ1v) is 11.2. The van der Waals surface area contributed by atoms with E-state index < -0.39 is 0 Å². The number of carbonyl (C=O) groups is 2. The van der Waals surface area contributed by atoms with Gasteiger partial charge in [0.15, 0.2) is 0 Å². The SMILES string of the molecule is COc1ccc(NC(=O)N2CC3CC(C2)c2c(NC(=O)c4cccnc4)ccc(=O)n2C3)cc1. The minimum atomic E-state index is -0.290. The average Bonchev–Trinajstić information content (AvgIpc) is 2.86. The molecule has 2 aliphatic heterocycles. The highest BCUT2D eigenvalue weighted by atomic mass is 16.5. The maximum Gasteiger partial charge on any atom is 0.321 e. The molecule has 1 aromatic carbocycles. The first-order chi connectivity index (χ1) is 16.5. The molecule has 3 aromatic rings. The molecule has 2 aliphatic rings.